The maximum absolute atomic E-state index is 12.7. The van der Waals surface area contributed by atoms with E-state index in [4.69, 9.17) is 13.9 Å². The monoisotopic (exact) mass is 372 g/mol. The molecule has 7 nitrogen and oxygen atoms in total. The van der Waals surface area contributed by atoms with Gasteiger partial charge in [0.25, 0.3) is 5.91 Å². The molecule has 0 bridgehead atoms. The van der Waals surface area contributed by atoms with Crippen molar-refractivity contribution in [1.29, 1.82) is 0 Å². The molecule has 27 heavy (non-hydrogen) atoms. The van der Waals surface area contributed by atoms with Gasteiger partial charge < -0.3 is 24.1 Å². The molecule has 2 amide bonds. The minimum absolute atomic E-state index is 0.0121. The van der Waals surface area contributed by atoms with Crippen LogP contribution in [-0.4, -0.2) is 44.0 Å². The van der Waals surface area contributed by atoms with Gasteiger partial charge in [0.15, 0.2) is 17.3 Å². The molecule has 2 heterocycles. The number of nitrogens with zero attached hydrogens (tertiary/aromatic N) is 1. The van der Waals surface area contributed by atoms with Crippen LogP contribution in [0.25, 0.3) is 0 Å². The van der Waals surface area contributed by atoms with E-state index in [9.17, 15) is 9.59 Å². The average molecular weight is 372 g/mol. The molecule has 1 unspecified atom stereocenters. The average Bonchev–Trinajstić information content (AvgIpc) is 3.39. The third-order valence-electron chi connectivity index (χ3n) is 4.73. The molecule has 1 aliphatic rings. The molecular weight excluding hydrogens is 348 g/mol. The van der Waals surface area contributed by atoms with Gasteiger partial charge in [0.2, 0.25) is 5.91 Å². The fraction of sp³-hybridized carbons (Fsp3) is 0.400. The van der Waals surface area contributed by atoms with Crippen LogP contribution in [-0.2, 0) is 4.79 Å². The summed E-state index contributed by atoms with van der Waals surface area (Å²) in [5.74, 6) is 1.27. The molecule has 2 aromatic rings. The van der Waals surface area contributed by atoms with E-state index >= 15 is 0 Å². The zero-order chi connectivity index (χ0) is 19.2. The summed E-state index contributed by atoms with van der Waals surface area (Å²) in [6.45, 7) is 0.984. The molecule has 1 fully saturated rings. The quantitative estimate of drug-likeness (QED) is 0.808. The molecule has 1 aromatic heterocycles. The van der Waals surface area contributed by atoms with Crippen LogP contribution in [0.2, 0.25) is 0 Å². The Bertz CT molecular complexity index is 788. The number of methoxy groups -OCH3 is 2. The van der Waals surface area contributed by atoms with E-state index in [-0.39, 0.29) is 36.6 Å². The van der Waals surface area contributed by atoms with Crippen LogP contribution in [0.1, 0.15) is 41.4 Å². The standard InChI is InChI=1S/C20H24N2O5/c1-25-16-8-7-14(13-18(16)26-2)15-5-3-11-22(15)19(23)9-10-21-20(24)17-6-4-12-27-17/h4,6-8,12-13,15H,3,5,9-11H2,1-2H3,(H,21,24). The van der Waals surface area contributed by atoms with Gasteiger partial charge in [-0.15, -0.1) is 0 Å². The van der Waals surface area contributed by atoms with Crippen LogP contribution < -0.4 is 14.8 Å². The van der Waals surface area contributed by atoms with Gasteiger partial charge in [0.1, 0.15) is 0 Å². The number of ether oxygens (including phenoxy) is 2. The molecule has 1 aliphatic heterocycles. The first-order chi connectivity index (χ1) is 13.1. The van der Waals surface area contributed by atoms with E-state index in [2.05, 4.69) is 5.32 Å². The minimum Gasteiger partial charge on any atom is -0.493 e. The summed E-state index contributed by atoms with van der Waals surface area (Å²) in [7, 11) is 3.20. The lowest BCUT2D eigenvalue weighted by atomic mass is 10.0. The van der Waals surface area contributed by atoms with E-state index in [0.29, 0.717) is 18.0 Å². The fourth-order valence-corrected chi connectivity index (χ4v) is 3.39. The van der Waals surface area contributed by atoms with Crippen molar-refractivity contribution in [2.45, 2.75) is 25.3 Å². The number of amides is 2. The Morgan fingerprint density at radius 1 is 1.22 bits per heavy atom. The van der Waals surface area contributed by atoms with Crippen molar-refractivity contribution in [1.82, 2.24) is 10.2 Å². The molecule has 7 heteroatoms. The van der Waals surface area contributed by atoms with E-state index in [1.165, 1.54) is 6.26 Å². The molecule has 1 atom stereocenters. The lowest BCUT2D eigenvalue weighted by Crippen LogP contribution is -2.34. The third kappa shape index (κ3) is 4.24. The van der Waals surface area contributed by atoms with E-state index in [0.717, 1.165) is 18.4 Å². The first-order valence-electron chi connectivity index (χ1n) is 8.97. The summed E-state index contributed by atoms with van der Waals surface area (Å²) in [6.07, 6.45) is 3.54. The van der Waals surface area contributed by atoms with E-state index in [1.807, 2.05) is 23.1 Å². The Morgan fingerprint density at radius 3 is 2.74 bits per heavy atom. The second-order valence-corrected chi connectivity index (χ2v) is 6.34. The Kier molecular flexibility index (Phi) is 6.01. The smallest absolute Gasteiger partial charge is 0.286 e. The van der Waals surface area contributed by atoms with Crippen LogP contribution in [0, 0.1) is 0 Å². The zero-order valence-corrected chi connectivity index (χ0v) is 15.6. The van der Waals surface area contributed by atoms with Gasteiger partial charge in [-0.25, -0.2) is 0 Å². The molecule has 0 spiro atoms. The van der Waals surface area contributed by atoms with Gasteiger partial charge in [0, 0.05) is 19.5 Å². The molecule has 1 saturated heterocycles. The molecule has 0 saturated carbocycles. The summed E-state index contributed by atoms with van der Waals surface area (Å²) in [4.78, 5) is 26.4. The lowest BCUT2D eigenvalue weighted by molar-refractivity contribution is -0.132. The largest absolute Gasteiger partial charge is 0.493 e. The normalized spacial score (nSPS) is 16.2. The van der Waals surface area contributed by atoms with Gasteiger partial charge in [0.05, 0.1) is 26.5 Å². The SMILES string of the molecule is COc1ccc(C2CCCN2C(=O)CCNC(=O)c2ccco2)cc1OC. The van der Waals surface area contributed by atoms with Gasteiger partial charge in [-0.05, 0) is 42.7 Å². The number of carbonyl (C=O) groups excluding carboxylic acids is 2. The topological polar surface area (TPSA) is 81.0 Å². The predicted molar refractivity (Wildman–Crippen MR) is 98.9 cm³/mol. The predicted octanol–water partition coefficient (Wildman–Crippen LogP) is 2.78. The van der Waals surface area contributed by atoms with Crippen LogP contribution in [0.15, 0.2) is 41.0 Å². The van der Waals surface area contributed by atoms with Gasteiger partial charge in [-0.2, -0.15) is 0 Å². The maximum atomic E-state index is 12.7. The summed E-state index contributed by atoms with van der Waals surface area (Å²) >= 11 is 0. The Morgan fingerprint density at radius 2 is 2.04 bits per heavy atom. The van der Waals surface area contributed by atoms with Crippen LogP contribution in [0.5, 0.6) is 11.5 Å². The first kappa shape index (κ1) is 18.8. The highest BCUT2D eigenvalue weighted by Gasteiger charge is 2.30. The molecule has 3 rings (SSSR count). The van der Waals surface area contributed by atoms with Crippen molar-refractivity contribution in [3.05, 3.63) is 47.9 Å². The highest BCUT2D eigenvalue weighted by Crippen LogP contribution is 2.37. The second kappa shape index (κ2) is 8.62. The summed E-state index contributed by atoms with van der Waals surface area (Å²) in [6, 6.07) is 9.00. The second-order valence-electron chi connectivity index (χ2n) is 6.34. The maximum Gasteiger partial charge on any atom is 0.286 e. The lowest BCUT2D eigenvalue weighted by Gasteiger charge is -2.26. The van der Waals surface area contributed by atoms with Gasteiger partial charge in [-0.3, -0.25) is 9.59 Å². The Labute approximate surface area is 158 Å². The van der Waals surface area contributed by atoms with Crippen LogP contribution in [0.3, 0.4) is 0 Å². The Hall–Kier alpha value is -2.96. The highest BCUT2D eigenvalue weighted by molar-refractivity contribution is 5.91. The van der Waals surface area contributed by atoms with Crippen molar-refractivity contribution in [3.8, 4) is 11.5 Å². The molecule has 0 aliphatic carbocycles. The van der Waals surface area contributed by atoms with Gasteiger partial charge in [-0.1, -0.05) is 6.07 Å². The molecule has 0 radical (unpaired) electrons. The van der Waals surface area contributed by atoms with Crippen molar-refractivity contribution >= 4 is 11.8 Å². The van der Waals surface area contributed by atoms with Crippen LogP contribution in [0.4, 0.5) is 0 Å². The Balaban J connectivity index is 1.60. The zero-order valence-electron chi connectivity index (χ0n) is 15.6. The molecule has 1 aromatic carbocycles. The van der Waals surface area contributed by atoms with Gasteiger partial charge >= 0.3 is 0 Å². The van der Waals surface area contributed by atoms with Crippen molar-refractivity contribution in [2.75, 3.05) is 27.3 Å². The van der Waals surface area contributed by atoms with Crippen LogP contribution >= 0.6 is 0 Å². The number of carbonyl (C=O) groups is 2. The number of furan rings is 1. The number of likely N-dealkylation sites (tertiary alicyclic amines) is 1. The molecular formula is C20H24N2O5. The molecule has 1 N–H and O–H groups in total. The number of hydrogen-bond acceptors (Lipinski definition) is 5. The fourth-order valence-electron chi connectivity index (χ4n) is 3.39. The molecule has 144 valence electrons. The first-order valence-corrected chi connectivity index (χ1v) is 8.97. The number of rotatable bonds is 7. The van der Waals surface area contributed by atoms with E-state index in [1.54, 1.807) is 26.4 Å². The van der Waals surface area contributed by atoms with Crippen molar-refractivity contribution < 1.29 is 23.5 Å². The highest BCUT2D eigenvalue weighted by atomic mass is 16.5. The van der Waals surface area contributed by atoms with E-state index < -0.39 is 0 Å². The number of hydrogen-bond donors (Lipinski definition) is 1. The van der Waals surface area contributed by atoms with Crippen molar-refractivity contribution in [3.63, 3.8) is 0 Å². The number of benzene rings is 1. The summed E-state index contributed by atoms with van der Waals surface area (Å²) in [5, 5.41) is 2.71. The summed E-state index contributed by atoms with van der Waals surface area (Å²) in [5.41, 5.74) is 1.03. The number of nitrogens with one attached hydrogen (secondary N) is 1. The third-order valence-corrected chi connectivity index (χ3v) is 4.73. The van der Waals surface area contributed by atoms with Crippen molar-refractivity contribution in [2.24, 2.45) is 0 Å². The summed E-state index contributed by atoms with van der Waals surface area (Å²) < 4.78 is 15.7. The minimum atomic E-state index is -0.314.